The van der Waals surface area contributed by atoms with Gasteiger partial charge in [-0.3, -0.25) is 0 Å². The summed E-state index contributed by atoms with van der Waals surface area (Å²) in [7, 11) is 2.10. The Balaban J connectivity index is 2.48. The van der Waals surface area contributed by atoms with Gasteiger partial charge in [0.15, 0.2) is 0 Å². The molecule has 2 heteroatoms. The smallest absolute Gasteiger partial charge is 0.0664 e. The summed E-state index contributed by atoms with van der Waals surface area (Å²) in [5.41, 5.74) is 1.39. The van der Waals surface area contributed by atoms with Crippen molar-refractivity contribution in [1.29, 1.82) is 0 Å². The van der Waals surface area contributed by atoms with Crippen LogP contribution in [0.1, 0.15) is 32.8 Å². The number of rotatable bonds is 7. The Morgan fingerprint density at radius 2 is 1.78 bits per heavy atom. The van der Waals surface area contributed by atoms with Crippen molar-refractivity contribution in [3.63, 3.8) is 0 Å². The van der Waals surface area contributed by atoms with Crippen molar-refractivity contribution >= 4 is 0 Å². The van der Waals surface area contributed by atoms with Crippen LogP contribution < -0.4 is 0 Å². The van der Waals surface area contributed by atoms with E-state index in [1.807, 2.05) is 6.92 Å². The Bertz CT molecular complexity index is 325. The molecule has 0 fully saturated rings. The van der Waals surface area contributed by atoms with Gasteiger partial charge in [-0.15, -0.1) is 0 Å². The van der Waals surface area contributed by atoms with Crippen molar-refractivity contribution in [3.8, 4) is 0 Å². The lowest BCUT2D eigenvalue weighted by molar-refractivity contribution is 0.0902. The molecule has 1 aromatic carbocycles. The molecule has 0 saturated heterocycles. The lowest BCUT2D eigenvalue weighted by Crippen LogP contribution is -2.39. The maximum Gasteiger partial charge on any atom is 0.0664 e. The molecule has 0 aliphatic rings. The van der Waals surface area contributed by atoms with Crippen LogP contribution in [0.25, 0.3) is 0 Å². The van der Waals surface area contributed by atoms with E-state index in [0.29, 0.717) is 12.0 Å². The average Bonchev–Trinajstić information content (AvgIpc) is 2.38. The summed E-state index contributed by atoms with van der Waals surface area (Å²) in [6.07, 6.45) is 1.71. The molecule has 102 valence electrons. The Kier molecular flexibility index (Phi) is 6.37. The van der Waals surface area contributed by atoms with Crippen LogP contribution in [0.15, 0.2) is 30.3 Å². The van der Waals surface area contributed by atoms with Gasteiger partial charge in [-0.2, -0.15) is 0 Å². The molecule has 0 aliphatic heterocycles. The van der Waals surface area contributed by atoms with Gasteiger partial charge in [-0.1, -0.05) is 44.2 Å². The van der Waals surface area contributed by atoms with Crippen molar-refractivity contribution in [2.45, 2.75) is 45.8 Å². The number of hydrogen-bond acceptors (Lipinski definition) is 2. The molecule has 0 amide bonds. The third-order valence-electron chi connectivity index (χ3n) is 3.89. The van der Waals surface area contributed by atoms with E-state index in [2.05, 4.69) is 56.1 Å². The molecule has 0 bridgehead atoms. The maximum atomic E-state index is 9.71. The Morgan fingerprint density at radius 3 is 2.33 bits per heavy atom. The first-order chi connectivity index (χ1) is 8.54. The van der Waals surface area contributed by atoms with E-state index in [4.69, 9.17) is 0 Å². The highest BCUT2D eigenvalue weighted by Gasteiger charge is 2.18. The third-order valence-corrected chi connectivity index (χ3v) is 3.89. The molecule has 0 aromatic heterocycles. The van der Waals surface area contributed by atoms with Gasteiger partial charge in [-0.25, -0.2) is 0 Å². The largest absolute Gasteiger partial charge is 0.392 e. The fourth-order valence-electron chi connectivity index (χ4n) is 2.22. The summed E-state index contributed by atoms with van der Waals surface area (Å²) in [6.45, 7) is 7.32. The molecule has 2 nitrogen and oxygen atoms in total. The minimum Gasteiger partial charge on any atom is -0.392 e. The van der Waals surface area contributed by atoms with E-state index in [1.165, 1.54) is 5.56 Å². The van der Waals surface area contributed by atoms with E-state index in [0.717, 1.165) is 19.4 Å². The van der Waals surface area contributed by atoms with Crippen molar-refractivity contribution in [1.82, 2.24) is 4.90 Å². The van der Waals surface area contributed by atoms with Gasteiger partial charge >= 0.3 is 0 Å². The molecule has 18 heavy (non-hydrogen) atoms. The van der Waals surface area contributed by atoms with Crippen LogP contribution >= 0.6 is 0 Å². The van der Waals surface area contributed by atoms with Crippen LogP contribution in [0.5, 0.6) is 0 Å². The molecule has 0 radical (unpaired) electrons. The third kappa shape index (κ3) is 4.79. The Hall–Kier alpha value is -0.860. The van der Waals surface area contributed by atoms with E-state index < -0.39 is 0 Å². The predicted molar refractivity (Wildman–Crippen MR) is 77.7 cm³/mol. The van der Waals surface area contributed by atoms with E-state index in [-0.39, 0.29) is 6.10 Å². The summed E-state index contributed by atoms with van der Waals surface area (Å²) in [5, 5.41) is 9.71. The molecule has 3 atom stereocenters. The first-order valence-corrected chi connectivity index (χ1v) is 6.96. The quantitative estimate of drug-likeness (QED) is 0.803. The number of aliphatic hydroxyl groups is 1. The summed E-state index contributed by atoms with van der Waals surface area (Å²) < 4.78 is 0. The first kappa shape index (κ1) is 15.2. The Labute approximate surface area is 112 Å². The number of hydrogen-bond donors (Lipinski definition) is 1. The molecule has 0 heterocycles. The molecule has 1 N–H and O–H groups in total. The average molecular weight is 249 g/mol. The van der Waals surface area contributed by atoms with Gasteiger partial charge in [0.1, 0.15) is 0 Å². The highest BCUT2D eigenvalue weighted by Crippen LogP contribution is 2.16. The summed E-state index contributed by atoms with van der Waals surface area (Å²) >= 11 is 0. The number of nitrogens with zero attached hydrogens (tertiary/aromatic N) is 1. The van der Waals surface area contributed by atoms with E-state index in [1.54, 1.807) is 0 Å². The summed E-state index contributed by atoms with van der Waals surface area (Å²) in [5.74, 6) is 0.585. The zero-order valence-corrected chi connectivity index (χ0v) is 12.1. The fraction of sp³-hybridized carbons (Fsp3) is 0.625. The van der Waals surface area contributed by atoms with Gasteiger partial charge in [0.25, 0.3) is 0 Å². The van der Waals surface area contributed by atoms with Crippen molar-refractivity contribution in [2.75, 3.05) is 13.6 Å². The minimum absolute atomic E-state index is 0.207. The number of benzene rings is 1. The first-order valence-electron chi connectivity index (χ1n) is 6.96. The van der Waals surface area contributed by atoms with Gasteiger partial charge < -0.3 is 10.0 Å². The summed E-state index contributed by atoms with van der Waals surface area (Å²) in [6, 6.07) is 11.1. The number of likely N-dealkylation sites (N-methyl/N-ethyl adjacent to an activating group) is 1. The molecule has 0 spiro atoms. The second kappa shape index (κ2) is 7.55. The van der Waals surface area contributed by atoms with Gasteiger partial charge in [0.2, 0.25) is 0 Å². The zero-order valence-electron chi connectivity index (χ0n) is 12.1. The zero-order chi connectivity index (χ0) is 13.5. The maximum absolute atomic E-state index is 9.71. The van der Waals surface area contributed by atoms with Crippen LogP contribution in [-0.2, 0) is 6.42 Å². The fourth-order valence-corrected chi connectivity index (χ4v) is 2.22. The van der Waals surface area contributed by atoms with E-state index >= 15 is 0 Å². The second-order valence-corrected chi connectivity index (χ2v) is 5.41. The highest BCUT2D eigenvalue weighted by molar-refractivity contribution is 5.15. The molecule has 1 aromatic rings. The van der Waals surface area contributed by atoms with Crippen LogP contribution in [0, 0.1) is 5.92 Å². The number of aliphatic hydroxyl groups excluding tert-OH is 1. The molecule has 0 saturated carbocycles. The van der Waals surface area contributed by atoms with Crippen molar-refractivity contribution in [3.05, 3.63) is 35.9 Å². The van der Waals surface area contributed by atoms with Crippen LogP contribution in [0.4, 0.5) is 0 Å². The SMILES string of the molecule is CCC(O)CN(C)C(C)C(C)Cc1ccccc1. The van der Waals surface area contributed by atoms with Crippen molar-refractivity contribution < 1.29 is 5.11 Å². The molecular weight excluding hydrogens is 222 g/mol. The van der Waals surface area contributed by atoms with Crippen LogP contribution in [0.3, 0.4) is 0 Å². The molecule has 0 aliphatic carbocycles. The second-order valence-electron chi connectivity index (χ2n) is 5.41. The highest BCUT2D eigenvalue weighted by atomic mass is 16.3. The normalized spacial score (nSPS) is 16.6. The van der Waals surface area contributed by atoms with E-state index in [9.17, 15) is 5.11 Å². The van der Waals surface area contributed by atoms with Crippen LogP contribution in [0.2, 0.25) is 0 Å². The Morgan fingerprint density at radius 1 is 1.17 bits per heavy atom. The minimum atomic E-state index is -0.207. The van der Waals surface area contributed by atoms with Gasteiger partial charge in [0, 0.05) is 12.6 Å². The topological polar surface area (TPSA) is 23.5 Å². The molecule has 1 rings (SSSR count). The van der Waals surface area contributed by atoms with Gasteiger partial charge in [-0.05, 0) is 38.3 Å². The van der Waals surface area contributed by atoms with Crippen molar-refractivity contribution in [2.24, 2.45) is 5.92 Å². The lowest BCUT2D eigenvalue weighted by Gasteiger charge is -2.31. The molecule has 3 unspecified atom stereocenters. The van der Waals surface area contributed by atoms with Gasteiger partial charge in [0.05, 0.1) is 6.10 Å². The standard InChI is InChI=1S/C16H27NO/c1-5-16(18)12-17(4)14(3)13(2)11-15-9-7-6-8-10-15/h6-10,13-14,16,18H,5,11-12H2,1-4H3. The predicted octanol–water partition coefficient (Wildman–Crippen LogP) is 2.96. The monoisotopic (exact) mass is 249 g/mol. The lowest BCUT2D eigenvalue weighted by atomic mass is 9.94. The molecular formula is C16H27NO. The summed E-state index contributed by atoms with van der Waals surface area (Å²) in [4.78, 5) is 2.27. The van der Waals surface area contributed by atoms with Crippen LogP contribution in [-0.4, -0.2) is 35.7 Å².